The number of hydrogen-bond donors (Lipinski definition) is 2. The van der Waals surface area contributed by atoms with Crippen molar-refractivity contribution < 1.29 is 13.2 Å². The molecule has 1 unspecified atom stereocenters. The van der Waals surface area contributed by atoms with E-state index in [4.69, 9.17) is 0 Å². The molecule has 2 aromatic rings. The van der Waals surface area contributed by atoms with Gasteiger partial charge in [-0.25, -0.2) is 8.42 Å². The minimum absolute atomic E-state index is 0.179. The summed E-state index contributed by atoms with van der Waals surface area (Å²) in [7, 11) is -3.86. The van der Waals surface area contributed by atoms with Gasteiger partial charge >= 0.3 is 0 Å². The summed E-state index contributed by atoms with van der Waals surface area (Å²) in [6, 6.07) is 6.15. The summed E-state index contributed by atoms with van der Waals surface area (Å²) in [6.07, 6.45) is 1.62. The Labute approximate surface area is 135 Å². The van der Waals surface area contributed by atoms with Crippen LogP contribution in [0.5, 0.6) is 0 Å². The molecule has 1 saturated heterocycles. The Morgan fingerprint density at radius 2 is 2.04 bits per heavy atom. The lowest BCUT2D eigenvalue weighted by atomic mass is 9.88. The van der Waals surface area contributed by atoms with Crippen molar-refractivity contribution in [1.29, 1.82) is 0 Å². The molecule has 1 aromatic carbocycles. The normalized spacial score (nSPS) is 20.7. The summed E-state index contributed by atoms with van der Waals surface area (Å²) in [5, 5.41) is 3.26. The van der Waals surface area contributed by atoms with E-state index >= 15 is 0 Å². The van der Waals surface area contributed by atoms with Crippen LogP contribution in [0.4, 0.5) is 0 Å². The maximum Gasteiger partial charge on any atom is 0.242 e. The summed E-state index contributed by atoms with van der Waals surface area (Å²) in [6.45, 7) is 5.89. The number of amides is 1. The topological polar surface area (TPSA) is 88.2 Å². The zero-order chi connectivity index (χ0) is 16.8. The number of aromatic nitrogens is 1. The van der Waals surface area contributed by atoms with E-state index < -0.39 is 21.5 Å². The molecule has 0 aliphatic carbocycles. The fourth-order valence-electron chi connectivity index (χ4n) is 2.89. The van der Waals surface area contributed by atoms with Crippen molar-refractivity contribution >= 4 is 26.8 Å². The Morgan fingerprint density at radius 3 is 2.70 bits per heavy atom. The van der Waals surface area contributed by atoms with Gasteiger partial charge < -0.3 is 5.32 Å². The van der Waals surface area contributed by atoms with Crippen LogP contribution in [0.3, 0.4) is 0 Å². The van der Waals surface area contributed by atoms with Gasteiger partial charge in [0.05, 0.1) is 10.4 Å². The largest absolute Gasteiger partial charge is 0.354 e. The van der Waals surface area contributed by atoms with Crippen LogP contribution in [0.25, 0.3) is 10.9 Å². The van der Waals surface area contributed by atoms with Gasteiger partial charge in [0.15, 0.2) is 0 Å². The lowest BCUT2D eigenvalue weighted by Crippen LogP contribution is -2.46. The molecule has 0 radical (unpaired) electrons. The van der Waals surface area contributed by atoms with Gasteiger partial charge in [0.1, 0.15) is 6.04 Å². The average Bonchev–Trinajstić information content (AvgIpc) is 2.73. The highest BCUT2D eigenvalue weighted by atomic mass is 32.2. The highest BCUT2D eigenvalue weighted by Gasteiger charge is 2.44. The first kappa shape index (κ1) is 15.9. The first-order valence-electron chi connectivity index (χ1n) is 7.37. The van der Waals surface area contributed by atoms with E-state index in [1.807, 2.05) is 13.8 Å². The van der Waals surface area contributed by atoms with Gasteiger partial charge in [-0.1, -0.05) is 19.9 Å². The number of pyridine rings is 1. The Balaban J connectivity index is 2.11. The molecule has 3 rings (SSSR count). The molecule has 1 amide bonds. The molecule has 1 aromatic heterocycles. The van der Waals surface area contributed by atoms with Crippen molar-refractivity contribution in [2.45, 2.75) is 31.7 Å². The van der Waals surface area contributed by atoms with E-state index in [1.54, 1.807) is 37.4 Å². The Morgan fingerprint density at radius 1 is 1.30 bits per heavy atom. The molecule has 2 heterocycles. The third-order valence-corrected chi connectivity index (χ3v) is 5.86. The van der Waals surface area contributed by atoms with E-state index in [1.165, 1.54) is 0 Å². The van der Waals surface area contributed by atoms with Crippen LogP contribution < -0.4 is 10.0 Å². The van der Waals surface area contributed by atoms with E-state index in [-0.39, 0.29) is 10.8 Å². The van der Waals surface area contributed by atoms with Crippen LogP contribution in [-0.2, 0) is 14.8 Å². The summed E-state index contributed by atoms with van der Waals surface area (Å²) < 4.78 is 28.5. The third kappa shape index (κ3) is 2.70. The zero-order valence-corrected chi connectivity index (χ0v) is 14.1. The molecule has 2 N–H and O–H groups in total. The van der Waals surface area contributed by atoms with Crippen molar-refractivity contribution in [3.63, 3.8) is 0 Å². The number of nitrogens with one attached hydrogen (secondary N) is 2. The standard InChI is InChI=1S/C16H19N3O3S/c1-10-6-7-12-11(5-4-8-17-12)13(10)23(21,22)19-14-15(20)18-9-16(14,2)3/h4-8,14,19H,9H2,1-3H3,(H,18,20). The van der Waals surface area contributed by atoms with Crippen molar-refractivity contribution in [1.82, 2.24) is 15.0 Å². The number of fused-ring (bicyclic) bond motifs is 1. The predicted molar refractivity (Wildman–Crippen MR) is 87.4 cm³/mol. The lowest BCUT2D eigenvalue weighted by molar-refractivity contribution is -0.121. The molecule has 122 valence electrons. The fraction of sp³-hybridized carbons (Fsp3) is 0.375. The fourth-order valence-corrected chi connectivity index (χ4v) is 4.70. The lowest BCUT2D eigenvalue weighted by Gasteiger charge is -2.25. The monoisotopic (exact) mass is 333 g/mol. The molecular formula is C16H19N3O3S. The Hall–Kier alpha value is -1.99. The zero-order valence-electron chi connectivity index (χ0n) is 13.3. The van der Waals surface area contributed by atoms with Crippen molar-refractivity contribution in [2.24, 2.45) is 5.41 Å². The van der Waals surface area contributed by atoms with Crippen molar-refractivity contribution in [3.05, 3.63) is 36.0 Å². The van der Waals surface area contributed by atoms with Gasteiger partial charge in [-0.2, -0.15) is 4.72 Å². The number of carbonyl (C=O) groups excluding carboxylic acids is 1. The number of carbonyl (C=O) groups is 1. The van der Waals surface area contributed by atoms with Gasteiger partial charge in [-0.05, 0) is 30.7 Å². The Bertz CT molecular complexity index is 891. The molecule has 1 atom stereocenters. The highest BCUT2D eigenvalue weighted by molar-refractivity contribution is 7.89. The number of nitrogens with zero attached hydrogens (tertiary/aromatic N) is 1. The second kappa shape index (κ2) is 5.28. The summed E-state index contributed by atoms with van der Waals surface area (Å²) in [5.41, 5.74) is 0.740. The van der Waals surface area contributed by atoms with Crippen molar-refractivity contribution in [2.75, 3.05) is 6.54 Å². The maximum atomic E-state index is 12.9. The smallest absolute Gasteiger partial charge is 0.242 e. The minimum atomic E-state index is -3.86. The summed E-state index contributed by atoms with van der Waals surface area (Å²) in [4.78, 5) is 16.4. The van der Waals surface area contributed by atoms with Crippen LogP contribution in [-0.4, -0.2) is 31.9 Å². The molecule has 0 spiro atoms. The van der Waals surface area contributed by atoms with E-state index in [2.05, 4.69) is 15.0 Å². The molecule has 0 saturated carbocycles. The third-order valence-electron chi connectivity index (χ3n) is 4.24. The molecule has 23 heavy (non-hydrogen) atoms. The average molecular weight is 333 g/mol. The van der Waals surface area contributed by atoms with Crippen molar-refractivity contribution in [3.8, 4) is 0 Å². The van der Waals surface area contributed by atoms with E-state index in [0.717, 1.165) is 0 Å². The van der Waals surface area contributed by atoms with Gasteiger partial charge in [0, 0.05) is 23.5 Å². The number of aryl methyl sites for hydroxylation is 1. The van der Waals surface area contributed by atoms with Crippen LogP contribution in [0.2, 0.25) is 0 Å². The summed E-state index contributed by atoms with van der Waals surface area (Å²) in [5.74, 6) is -0.297. The second-order valence-electron chi connectivity index (χ2n) is 6.54. The quantitative estimate of drug-likeness (QED) is 0.887. The number of benzene rings is 1. The van der Waals surface area contributed by atoms with Gasteiger partial charge in [0.2, 0.25) is 15.9 Å². The highest BCUT2D eigenvalue weighted by Crippen LogP contribution is 2.29. The van der Waals surface area contributed by atoms with Gasteiger partial charge in [0.25, 0.3) is 0 Å². The first-order chi connectivity index (χ1) is 10.7. The van der Waals surface area contributed by atoms with Gasteiger partial charge in [-0.15, -0.1) is 0 Å². The van der Waals surface area contributed by atoms with E-state index in [9.17, 15) is 13.2 Å². The molecule has 1 fully saturated rings. The molecule has 0 bridgehead atoms. The Kier molecular flexibility index (Phi) is 3.65. The first-order valence-corrected chi connectivity index (χ1v) is 8.85. The molecule has 1 aliphatic heterocycles. The molecule has 1 aliphatic rings. The number of sulfonamides is 1. The SMILES string of the molecule is Cc1ccc2ncccc2c1S(=O)(=O)NC1C(=O)NCC1(C)C. The molecule has 6 nitrogen and oxygen atoms in total. The van der Waals surface area contributed by atoms with E-state index in [0.29, 0.717) is 23.0 Å². The summed E-state index contributed by atoms with van der Waals surface area (Å²) >= 11 is 0. The van der Waals surface area contributed by atoms with Crippen LogP contribution in [0.1, 0.15) is 19.4 Å². The predicted octanol–water partition coefficient (Wildman–Crippen LogP) is 1.35. The molecule has 7 heteroatoms. The van der Waals surface area contributed by atoms with Crippen LogP contribution in [0, 0.1) is 12.3 Å². The van der Waals surface area contributed by atoms with Crippen LogP contribution >= 0.6 is 0 Å². The minimum Gasteiger partial charge on any atom is -0.354 e. The number of hydrogen-bond acceptors (Lipinski definition) is 4. The maximum absolute atomic E-state index is 12.9. The second-order valence-corrected chi connectivity index (χ2v) is 8.19. The molecular weight excluding hydrogens is 314 g/mol. The van der Waals surface area contributed by atoms with Gasteiger partial charge in [-0.3, -0.25) is 9.78 Å². The number of rotatable bonds is 3. The van der Waals surface area contributed by atoms with Crippen LogP contribution in [0.15, 0.2) is 35.4 Å².